The molecule has 0 fully saturated rings. The van der Waals surface area contributed by atoms with Crippen LogP contribution in [0.5, 0.6) is 0 Å². The lowest BCUT2D eigenvalue weighted by molar-refractivity contribution is -0.161. The van der Waals surface area contributed by atoms with E-state index in [-0.39, 0.29) is 32.6 Å². The molecule has 0 aromatic carbocycles. The third-order valence-electron chi connectivity index (χ3n) is 10.3. The minimum atomic E-state index is -4.40. The molecule has 0 aliphatic heterocycles. The minimum Gasteiger partial charge on any atom is -0.466 e. The van der Waals surface area contributed by atoms with Crippen LogP contribution in [0.25, 0.3) is 0 Å². The van der Waals surface area contributed by atoms with Crippen LogP contribution in [-0.4, -0.2) is 49.3 Å². The maximum atomic E-state index is 12.6. The molecule has 0 spiro atoms. The number of aryl methyl sites for hydroxylation is 5. The predicted molar refractivity (Wildman–Crippen MR) is 222 cm³/mol. The molecule has 322 valence electrons. The van der Waals surface area contributed by atoms with Gasteiger partial charge in [0.15, 0.2) is 6.10 Å². The highest BCUT2D eigenvalue weighted by atomic mass is 31.2. The van der Waals surface area contributed by atoms with Crippen molar-refractivity contribution in [1.29, 1.82) is 0 Å². The molecule has 0 amide bonds. The average molecular weight is 810 g/mol. The highest BCUT2D eigenvalue weighted by Crippen LogP contribution is 2.43. The summed E-state index contributed by atoms with van der Waals surface area (Å²) in [5, 5.41) is 0. The molecular weight excluding hydrogens is 733 g/mol. The van der Waals surface area contributed by atoms with Gasteiger partial charge in [-0.3, -0.25) is 18.6 Å². The van der Waals surface area contributed by atoms with E-state index in [9.17, 15) is 19.0 Å². The summed E-state index contributed by atoms with van der Waals surface area (Å²) in [5.74, 6) is 3.65. The lowest BCUT2D eigenvalue weighted by Gasteiger charge is -2.19. The lowest BCUT2D eigenvalue weighted by Crippen LogP contribution is -2.29. The fourth-order valence-electron chi connectivity index (χ4n) is 6.86. The number of ether oxygens (including phenoxy) is 2. The summed E-state index contributed by atoms with van der Waals surface area (Å²) in [6.45, 7) is 9.97. The van der Waals surface area contributed by atoms with Crippen LogP contribution in [0, 0.1) is 20.8 Å². The number of phosphoric acid groups is 1. The first kappa shape index (κ1) is 49.7. The van der Waals surface area contributed by atoms with Gasteiger partial charge in [-0.15, -0.1) is 0 Å². The number of hydrogen-bond acceptors (Lipinski definition) is 10. The number of phosphoric ester groups is 1. The Kier molecular flexibility index (Phi) is 26.4. The number of rotatable bonds is 35. The molecule has 2 atom stereocenters. The second kappa shape index (κ2) is 29.7. The molecule has 12 heteroatoms. The lowest BCUT2D eigenvalue weighted by atomic mass is 10.0. The monoisotopic (exact) mass is 810 g/mol. The molecule has 0 bridgehead atoms. The SMILES string of the molecule is CCCc1cc(C)c(CCCCCCCCCCC(=O)OC[C@H](COP(=O)(O)OCCN)OC(=O)CCCCCCCCCCc2oc(CCC)c(C)c2C)o1. The molecule has 0 radical (unpaired) electrons. The number of hydrogen-bond donors (Lipinski definition) is 2. The van der Waals surface area contributed by atoms with Gasteiger partial charge in [-0.05, 0) is 82.1 Å². The Morgan fingerprint density at radius 2 is 1.16 bits per heavy atom. The molecule has 2 heterocycles. The Balaban J connectivity index is 1.57. The van der Waals surface area contributed by atoms with Gasteiger partial charge in [-0.1, -0.05) is 90.9 Å². The standard InChI is InChI=1S/C44H76NO10P/c1-6-24-38-32-35(3)40(53-38)26-20-16-12-8-10-14-18-22-28-43(46)50-33-39(34-52-56(48,49)51-31-30-45)54-44(47)29-23-19-15-11-9-13-17-21-27-42-37(5)36(4)41(55-42)25-7-2/h32,39H,6-31,33-34,45H2,1-5H3,(H,48,49)/t39-/m1/s1. The second-order valence-corrected chi connectivity index (χ2v) is 16.8. The van der Waals surface area contributed by atoms with Crippen molar-refractivity contribution in [3.05, 3.63) is 45.8 Å². The van der Waals surface area contributed by atoms with E-state index < -0.39 is 32.5 Å². The number of carbonyl (C=O) groups is 2. The van der Waals surface area contributed by atoms with Crippen molar-refractivity contribution < 1.29 is 46.4 Å². The Hall–Kier alpha value is -2.43. The average Bonchev–Trinajstić information content (AvgIpc) is 3.65. The molecule has 11 nitrogen and oxygen atoms in total. The Labute approximate surface area is 338 Å². The predicted octanol–water partition coefficient (Wildman–Crippen LogP) is 11.1. The second-order valence-electron chi connectivity index (χ2n) is 15.4. The zero-order chi connectivity index (χ0) is 41.0. The van der Waals surface area contributed by atoms with Gasteiger partial charge in [-0.25, -0.2) is 4.57 Å². The van der Waals surface area contributed by atoms with E-state index in [0.29, 0.717) is 12.8 Å². The van der Waals surface area contributed by atoms with Gasteiger partial charge in [0.2, 0.25) is 0 Å². The van der Waals surface area contributed by atoms with Crippen molar-refractivity contribution >= 4 is 19.8 Å². The molecule has 56 heavy (non-hydrogen) atoms. The Morgan fingerprint density at radius 1 is 0.661 bits per heavy atom. The zero-order valence-electron chi connectivity index (χ0n) is 35.6. The van der Waals surface area contributed by atoms with Crippen molar-refractivity contribution in [3.63, 3.8) is 0 Å². The summed E-state index contributed by atoms with van der Waals surface area (Å²) in [6, 6.07) is 2.17. The van der Waals surface area contributed by atoms with Gasteiger partial charge < -0.3 is 28.9 Å². The first-order chi connectivity index (χ1) is 27.0. The largest absolute Gasteiger partial charge is 0.472 e. The summed E-state index contributed by atoms with van der Waals surface area (Å²) in [4.78, 5) is 35.0. The van der Waals surface area contributed by atoms with Crippen molar-refractivity contribution in [2.75, 3.05) is 26.4 Å². The molecular formula is C44H76NO10P. The van der Waals surface area contributed by atoms with Gasteiger partial charge in [0.1, 0.15) is 29.6 Å². The number of furan rings is 2. The quantitative estimate of drug-likeness (QED) is 0.0387. The van der Waals surface area contributed by atoms with Crippen molar-refractivity contribution in [2.45, 2.75) is 195 Å². The molecule has 2 aromatic heterocycles. The summed E-state index contributed by atoms with van der Waals surface area (Å²) in [7, 11) is -4.40. The molecule has 1 unspecified atom stereocenters. The summed E-state index contributed by atoms with van der Waals surface area (Å²) in [6.07, 6.45) is 22.5. The molecule has 0 saturated carbocycles. The summed E-state index contributed by atoms with van der Waals surface area (Å²) in [5.41, 5.74) is 9.24. The fourth-order valence-corrected chi connectivity index (χ4v) is 7.63. The van der Waals surface area contributed by atoms with Crippen LogP contribution in [0.15, 0.2) is 14.9 Å². The number of nitrogens with two attached hydrogens (primary N) is 1. The maximum absolute atomic E-state index is 12.6. The highest BCUT2D eigenvalue weighted by molar-refractivity contribution is 7.47. The van der Waals surface area contributed by atoms with Crippen LogP contribution < -0.4 is 5.73 Å². The highest BCUT2D eigenvalue weighted by Gasteiger charge is 2.26. The van der Waals surface area contributed by atoms with E-state index >= 15 is 0 Å². The van der Waals surface area contributed by atoms with Crippen LogP contribution in [0.4, 0.5) is 0 Å². The Bertz CT molecular complexity index is 1400. The minimum absolute atomic E-state index is 0.0429. The summed E-state index contributed by atoms with van der Waals surface area (Å²) < 4.78 is 45.0. The first-order valence-corrected chi connectivity index (χ1v) is 23.3. The van der Waals surface area contributed by atoms with Crippen LogP contribution >= 0.6 is 7.82 Å². The van der Waals surface area contributed by atoms with Gasteiger partial charge >= 0.3 is 19.8 Å². The molecule has 2 rings (SSSR count). The smallest absolute Gasteiger partial charge is 0.466 e. The van der Waals surface area contributed by atoms with Gasteiger partial charge in [0.05, 0.1) is 13.2 Å². The fraction of sp³-hybridized carbons (Fsp3) is 0.773. The first-order valence-electron chi connectivity index (χ1n) is 21.8. The van der Waals surface area contributed by atoms with E-state index in [1.807, 2.05) is 0 Å². The molecule has 0 saturated heterocycles. The molecule has 0 aliphatic rings. The molecule has 0 aliphatic carbocycles. The van der Waals surface area contributed by atoms with Gasteiger partial charge in [-0.2, -0.15) is 0 Å². The molecule has 3 N–H and O–H groups in total. The normalized spacial score (nSPS) is 13.2. The van der Waals surface area contributed by atoms with E-state index in [1.165, 1.54) is 48.8 Å². The van der Waals surface area contributed by atoms with Gasteiger partial charge in [0, 0.05) is 45.1 Å². The van der Waals surface area contributed by atoms with E-state index in [0.717, 1.165) is 119 Å². The Morgan fingerprint density at radius 3 is 1.71 bits per heavy atom. The van der Waals surface area contributed by atoms with Crippen LogP contribution in [0.2, 0.25) is 0 Å². The third kappa shape index (κ3) is 21.9. The molecule has 2 aromatic rings. The third-order valence-corrected chi connectivity index (χ3v) is 11.3. The summed E-state index contributed by atoms with van der Waals surface area (Å²) >= 11 is 0. The van der Waals surface area contributed by atoms with E-state index in [1.54, 1.807) is 0 Å². The number of unbranched alkanes of at least 4 members (excludes halogenated alkanes) is 14. The number of esters is 2. The zero-order valence-corrected chi connectivity index (χ0v) is 36.5. The van der Waals surface area contributed by atoms with Crippen LogP contribution in [0.1, 0.15) is 182 Å². The van der Waals surface area contributed by atoms with Crippen LogP contribution in [0.3, 0.4) is 0 Å². The van der Waals surface area contributed by atoms with Crippen molar-refractivity contribution in [2.24, 2.45) is 5.73 Å². The van der Waals surface area contributed by atoms with E-state index in [4.69, 9.17) is 33.1 Å². The van der Waals surface area contributed by atoms with Crippen molar-refractivity contribution in [1.82, 2.24) is 0 Å². The van der Waals surface area contributed by atoms with Crippen LogP contribution in [-0.2, 0) is 58.4 Å². The maximum Gasteiger partial charge on any atom is 0.472 e. The van der Waals surface area contributed by atoms with Gasteiger partial charge in [0.25, 0.3) is 0 Å². The van der Waals surface area contributed by atoms with E-state index in [2.05, 4.69) is 40.7 Å². The van der Waals surface area contributed by atoms with Crippen molar-refractivity contribution in [3.8, 4) is 0 Å². The topological polar surface area (TPSA) is 161 Å². The number of carbonyl (C=O) groups excluding carboxylic acids is 2.